The highest BCUT2D eigenvalue weighted by Crippen LogP contribution is 2.30. The first-order valence-corrected chi connectivity index (χ1v) is 26.1. The average Bonchev–Trinajstić information content (AvgIpc) is 3.30. The molecule has 0 aromatic rings. The summed E-state index contributed by atoms with van der Waals surface area (Å²) in [7, 11) is 0. The standard InChI is InChI=1S/C51H95NO13/c1-3-5-7-9-11-13-14-15-16-17-18-19-20-21-22-23-24-25-27-28-30-32-34-40(55)39(52-43(56)35-33-31-29-26-12-10-8-6-4-2)38-62-50-48(61)46(59)49(42(37-54)64-50)65-51-47(60)45(58)44(57)41(36-53)63-51/h25,27,32,34,39-42,44-51,53-55,57-61H,3-24,26,28-31,33,35-38H2,1-2H3,(H,52,56)/b27-25+,34-32+. The molecule has 14 nitrogen and oxygen atoms in total. The van der Waals surface area contributed by atoms with Crippen LogP contribution >= 0.6 is 0 Å². The number of ether oxygens (including phenoxy) is 4. The van der Waals surface area contributed by atoms with E-state index in [1.54, 1.807) is 6.08 Å². The lowest BCUT2D eigenvalue weighted by molar-refractivity contribution is -0.359. The second-order valence-electron chi connectivity index (χ2n) is 18.6. The van der Waals surface area contributed by atoms with Crippen LogP contribution in [0, 0.1) is 0 Å². The first-order valence-electron chi connectivity index (χ1n) is 26.1. The molecule has 0 spiro atoms. The molecule has 9 N–H and O–H groups in total. The van der Waals surface area contributed by atoms with Gasteiger partial charge in [-0.05, 0) is 32.1 Å². The van der Waals surface area contributed by atoms with Crippen molar-refractivity contribution < 1.29 is 64.6 Å². The van der Waals surface area contributed by atoms with Gasteiger partial charge in [-0.2, -0.15) is 0 Å². The van der Waals surface area contributed by atoms with Gasteiger partial charge in [-0.15, -0.1) is 0 Å². The maximum atomic E-state index is 13.1. The van der Waals surface area contributed by atoms with Crippen LogP contribution in [0.15, 0.2) is 24.3 Å². The number of carbonyl (C=O) groups is 1. The SMILES string of the molecule is CCCCCCCCCCCCCCCCCC/C=C/CC/C=C/C(O)C(COC1OC(CO)C(OC2OC(CO)C(O)C(O)C2O)C(O)C1O)NC(=O)CCCCCCCCCCC. The van der Waals surface area contributed by atoms with E-state index in [4.69, 9.17) is 18.9 Å². The highest BCUT2D eigenvalue weighted by atomic mass is 16.7. The van der Waals surface area contributed by atoms with Gasteiger partial charge in [0.15, 0.2) is 12.6 Å². The second-order valence-corrected chi connectivity index (χ2v) is 18.6. The molecule has 2 saturated heterocycles. The van der Waals surface area contributed by atoms with Crippen LogP contribution in [0.4, 0.5) is 0 Å². The van der Waals surface area contributed by atoms with Gasteiger partial charge in [0, 0.05) is 6.42 Å². The zero-order valence-corrected chi connectivity index (χ0v) is 40.5. The number of nitrogens with one attached hydrogen (secondary N) is 1. The van der Waals surface area contributed by atoms with Crippen LogP contribution in [0.1, 0.15) is 200 Å². The molecule has 2 fully saturated rings. The topological polar surface area (TPSA) is 228 Å². The Morgan fingerprint density at radius 3 is 1.51 bits per heavy atom. The molecule has 0 bridgehead atoms. The van der Waals surface area contributed by atoms with Crippen LogP contribution < -0.4 is 5.32 Å². The summed E-state index contributed by atoms with van der Waals surface area (Å²) in [6.07, 6.45) is 25.3. The van der Waals surface area contributed by atoms with E-state index in [1.807, 2.05) is 6.08 Å². The highest BCUT2D eigenvalue weighted by Gasteiger charge is 2.51. The summed E-state index contributed by atoms with van der Waals surface area (Å²) < 4.78 is 22.6. The fraction of sp³-hybridized carbons (Fsp3) is 0.902. The Labute approximate surface area is 392 Å². The molecule has 0 saturated carbocycles. The van der Waals surface area contributed by atoms with Crippen molar-refractivity contribution in [3.8, 4) is 0 Å². The van der Waals surface area contributed by atoms with Gasteiger partial charge in [0.2, 0.25) is 5.91 Å². The van der Waals surface area contributed by atoms with E-state index in [9.17, 15) is 45.6 Å². The summed E-state index contributed by atoms with van der Waals surface area (Å²) in [6.45, 7) is 2.74. The van der Waals surface area contributed by atoms with Crippen LogP contribution in [0.2, 0.25) is 0 Å². The Morgan fingerprint density at radius 2 is 0.985 bits per heavy atom. The van der Waals surface area contributed by atoms with E-state index in [-0.39, 0.29) is 18.9 Å². The summed E-state index contributed by atoms with van der Waals surface area (Å²) in [6, 6.07) is -0.925. The number of rotatable bonds is 40. The molecule has 0 aromatic carbocycles. The van der Waals surface area contributed by atoms with E-state index in [0.717, 1.165) is 32.1 Å². The van der Waals surface area contributed by atoms with E-state index in [2.05, 4.69) is 31.3 Å². The molecule has 2 aliphatic rings. The maximum absolute atomic E-state index is 13.1. The average molecular weight is 930 g/mol. The van der Waals surface area contributed by atoms with Crippen LogP contribution in [0.3, 0.4) is 0 Å². The molecule has 0 aliphatic carbocycles. The van der Waals surface area contributed by atoms with Crippen molar-refractivity contribution in [3.63, 3.8) is 0 Å². The van der Waals surface area contributed by atoms with Gasteiger partial charge < -0.3 is 65.1 Å². The second kappa shape index (κ2) is 38.3. The fourth-order valence-electron chi connectivity index (χ4n) is 8.60. The third kappa shape index (κ3) is 25.6. The zero-order chi connectivity index (χ0) is 47.5. The molecule has 0 radical (unpaired) electrons. The molecule has 2 rings (SSSR count). The summed E-state index contributed by atoms with van der Waals surface area (Å²) in [5, 5.41) is 86.6. The van der Waals surface area contributed by atoms with Crippen molar-refractivity contribution in [3.05, 3.63) is 24.3 Å². The molecule has 0 aromatic heterocycles. The Bertz CT molecular complexity index is 1190. The van der Waals surface area contributed by atoms with Crippen molar-refractivity contribution in [2.24, 2.45) is 0 Å². The molecular weight excluding hydrogens is 835 g/mol. The molecule has 65 heavy (non-hydrogen) atoms. The van der Waals surface area contributed by atoms with Gasteiger partial charge in [0.1, 0.15) is 48.8 Å². The van der Waals surface area contributed by atoms with Crippen LogP contribution in [0.5, 0.6) is 0 Å². The lowest BCUT2D eigenvalue weighted by Crippen LogP contribution is -2.65. The normalized spacial score (nSPS) is 27.2. The number of hydrogen-bond acceptors (Lipinski definition) is 13. The summed E-state index contributed by atoms with van der Waals surface area (Å²) >= 11 is 0. The highest BCUT2D eigenvalue weighted by molar-refractivity contribution is 5.76. The minimum atomic E-state index is -1.79. The Morgan fingerprint density at radius 1 is 0.538 bits per heavy atom. The predicted molar refractivity (Wildman–Crippen MR) is 254 cm³/mol. The molecule has 12 atom stereocenters. The van der Waals surface area contributed by atoms with Crippen molar-refractivity contribution in [2.75, 3.05) is 19.8 Å². The number of aliphatic hydroxyl groups excluding tert-OH is 8. The van der Waals surface area contributed by atoms with E-state index >= 15 is 0 Å². The van der Waals surface area contributed by atoms with Gasteiger partial charge in [-0.3, -0.25) is 4.79 Å². The molecule has 2 aliphatic heterocycles. The molecule has 12 unspecified atom stereocenters. The van der Waals surface area contributed by atoms with Crippen LogP contribution in [-0.2, 0) is 23.7 Å². The summed E-state index contributed by atoms with van der Waals surface area (Å²) in [5.41, 5.74) is 0. The lowest BCUT2D eigenvalue weighted by atomic mass is 9.97. The minimum Gasteiger partial charge on any atom is -0.394 e. The fourth-order valence-corrected chi connectivity index (χ4v) is 8.60. The zero-order valence-electron chi connectivity index (χ0n) is 40.5. The predicted octanol–water partition coefficient (Wildman–Crippen LogP) is 6.94. The molecule has 1 amide bonds. The third-order valence-corrected chi connectivity index (χ3v) is 12.9. The Kier molecular flexibility index (Phi) is 35.1. The van der Waals surface area contributed by atoms with E-state index < -0.39 is 86.8 Å². The minimum absolute atomic E-state index is 0.252. The van der Waals surface area contributed by atoms with Gasteiger partial charge in [0.05, 0.1) is 32.0 Å². The van der Waals surface area contributed by atoms with E-state index in [0.29, 0.717) is 12.8 Å². The van der Waals surface area contributed by atoms with Gasteiger partial charge >= 0.3 is 0 Å². The van der Waals surface area contributed by atoms with E-state index in [1.165, 1.54) is 135 Å². The third-order valence-electron chi connectivity index (χ3n) is 12.9. The number of allylic oxidation sites excluding steroid dienone is 3. The van der Waals surface area contributed by atoms with Crippen molar-refractivity contribution in [1.82, 2.24) is 5.32 Å². The number of amides is 1. The van der Waals surface area contributed by atoms with Crippen molar-refractivity contribution in [2.45, 2.75) is 274 Å². The number of hydrogen-bond donors (Lipinski definition) is 9. The first kappa shape index (κ1) is 59.6. The number of aliphatic hydroxyl groups is 8. The van der Waals surface area contributed by atoms with Crippen molar-refractivity contribution in [1.29, 1.82) is 0 Å². The smallest absolute Gasteiger partial charge is 0.220 e. The van der Waals surface area contributed by atoms with Gasteiger partial charge in [-0.25, -0.2) is 0 Å². The Hall–Kier alpha value is -1.53. The molecular formula is C51H95NO13. The maximum Gasteiger partial charge on any atom is 0.220 e. The Balaban J connectivity index is 1.80. The van der Waals surface area contributed by atoms with Crippen LogP contribution in [-0.4, -0.2) is 140 Å². The number of unbranched alkanes of at least 4 members (excludes halogenated alkanes) is 25. The largest absolute Gasteiger partial charge is 0.394 e. The van der Waals surface area contributed by atoms with Crippen molar-refractivity contribution >= 4 is 5.91 Å². The molecule has 2 heterocycles. The lowest BCUT2D eigenvalue weighted by Gasteiger charge is -2.46. The molecule has 382 valence electrons. The molecule has 14 heteroatoms. The quantitative estimate of drug-likeness (QED) is 0.0225. The van der Waals surface area contributed by atoms with Gasteiger partial charge in [-0.1, -0.05) is 186 Å². The summed E-state index contributed by atoms with van der Waals surface area (Å²) in [5.74, 6) is -0.252. The first-order chi connectivity index (χ1) is 31.6. The summed E-state index contributed by atoms with van der Waals surface area (Å²) in [4.78, 5) is 13.1. The van der Waals surface area contributed by atoms with Gasteiger partial charge in [0.25, 0.3) is 0 Å². The number of carbonyl (C=O) groups excluding carboxylic acids is 1. The monoisotopic (exact) mass is 930 g/mol. The van der Waals surface area contributed by atoms with Crippen LogP contribution in [0.25, 0.3) is 0 Å².